The maximum absolute atomic E-state index is 13.5. The van der Waals surface area contributed by atoms with Gasteiger partial charge in [0, 0.05) is 26.3 Å². The molecule has 0 bridgehead atoms. The molecule has 1 aromatic heterocycles. The van der Waals surface area contributed by atoms with Crippen LogP contribution in [0, 0.1) is 23.0 Å². The number of pyridine rings is 1. The first kappa shape index (κ1) is 13.3. The van der Waals surface area contributed by atoms with E-state index in [2.05, 4.69) is 4.98 Å². The number of hydrogen-bond donors (Lipinski definition) is 0. The van der Waals surface area contributed by atoms with Gasteiger partial charge in [-0.05, 0) is 0 Å². The van der Waals surface area contributed by atoms with Gasteiger partial charge in [-0.25, -0.2) is 13.8 Å². The van der Waals surface area contributed by atoms with Gasteiger partial charge < -0.3 is 9.64 Å². The topological polar surface area (TPSA) is 49.1 Å². The molecule has 4 nitrogen and oxygen atoms in total. The summed E-state index contributed by atoms with van der Waals surface area (Å²) in [5.74, 6) is -1.42. The van der Waals surface area contributed by atoms with E-state index in [1.165, 1.54) is 7.11 Å². The summed E-state index contributed by atoms with van der Waals surface area (Å²) >= 11 is 0. The quantitative estimate of drug-likeness (QED) is 0.761. The van der Waals surface area contributed by atoms with Gasteiger partial charge in [-0.1, -0.05) is 0 Å². The first-order valence-corrected chi connectivity index (χ1v) is 5.11. The molecule has 0 atom stereocenters. The van der Waals surface area contributed by atoms with Gasteiger partial charge >= 0.3 is 0 Å². The van der Waals surface area contributed by atoms with Gasteiger partial charge in [-0.2, -0.15) is 5.26 Å². The highest BCUT2D eigenvalue weighted by Crippen LogP contribution is 2.16. The number of rotatable bonds is 6. The number of nitriles is 1. The third kappa shape index (κ3) is 3.96. The van der Waals surface area contributed by atoms with E-state index in [0.29, 0.717) is 19.7 Å². The minimum absolute atomic E-state index is 0.0405. The van der Waals surface area contributed by atoms with Crippen LogP contribution >= 0.6 is 0 Å². The fourth-order valence-electron chi connectivity index (χ4n) is 1.35. The lowest BCUT2D eigenvalue weighted by Gasteiger charge is -2.22. The summed E-state index contributed by atoms with van der Waals surface area (Å²) in [6, 6.07) is 2.74. The first-order valence-electron chi connectivity index (χ1n) is 5.11. The van der Waals surface area contributed by atoms with Crippen molar-refractivity contribution in [3.05, 3.63) is 23.9 Å². The molecule has 1 rings (SSSR count). The summed E-state index contributed by atoms with van der Waals surface area (Å²) < 4.78 is 31.1. The molecule has 1 aromatic rings. The molecule has 6 heteroatoms. The minimum Gasteiger partial charge on any atom is -0.383 e. The van der Waals surface area contributed by atoms with Crippen molar-refractivity contribution < 1.29 is 13.5 Å². The number of ether oxygens (including phenoxy) is 1. The predicted octanol–water partition coefficient (Wildman–Crippen LogP) is 1.73. The molecule has 0 saturated heterocycles. The molecule has 17 heavy (non-hydrogen) atoms. The molecule has 0 unspecified atom stereocenters. The Hall–Kier alpha value is -1.74. The van der Waals surface area contributed by atoms with Crippen molar-refractivity contribution in [1.82, 2.24) is 4.98 Å². The average molecular weight is 241 g/mol. The highest BCUT2D eigenvalue weighted by molar-refractivity contribution is 5.39. The van der Waals surface area contributed by atoms with Crippen LogP contribution in [0.4, 0.5) is 14.6 Å². The Balaban J connectivity index is 2.83. The van der Waals surface area contributed by atoms with Crippen LogP contribution in [-0.2, 0) is 4.74 Å². The standard InChI is InChI=1S/C11H13F2N3O/c1-17-6-5-16(4-2-3-14)11-10(13)7-9(12)8-15-11/h7-8H,2,4-6H2,1H3. The molecule has 0 aliphatic heterocycles. The number of methoxy groups -OCH3 is 1. The molecule has 92 valence electrons. The zero-order valence-electron chi connectivity index (χ0n) is 9.49. The van der Waals surface area contributed by atoms with Gasteiger partial charge in [0.25, 0.3) is 0 Å². The van der Waals surface area contributed by atoms with Crippen molar-refractivity contribution in [3.8, 4) is 6.07 Å². The Morgan fingerprint density at radius 1 is 1.47 bits per heavy atom. The Labute approximate surface area is 98.4 Å². The molecule has 0 aliphatic carbocycles. The smallest absolute Gasteiger partial charge is 0.168 e. The van der Waals surface area contributed by atoms with Gasteiger partial charge in [0.2, 0.25) is 0 Å². The van der Waals surface area contributed by atoms with Crippen molar-refractivity contribution in [2.75, 3.05) is 31.7 Å². The predicted molar refractivity (Wildman–Crippen MR) is 58.5 cm³/mol. The Morgan fingerprint density at radius 2 is 2.24 bits per heavy atom. The molecule has 0 amide bonds. The molecule has 0 spiro atoms. The zero-order valence-corrected chi connectivity index (χ0v) is 9.49. The van der Waals surface area contributed by atoms with Crippen LogP contribution in [0.15, 0.2) is 12.3 Å². The van der Waals surface area contributed by atoms with Crippen LogP contribution in [0.1, 0.15) is 6.42 Å². The van der Waals surface area contributed by atoms with Crippen LogP contribution in [0.2, 0.25) is 0 Å². The Bertz CT molecular complexity index is 406. The maximum Gasteiger partial charge on any atom is 0.168 e. The van der Waals surface area contributed by atoms with Crippen LogP contribution in [0.5, 0.6) is 0 Å². The van der Waals surface area contributed by atoms with Crippen molar-refractivity contribution in [3.63, 3.8) is 0 Å². The second kappa shape index (κ2) is 6.76. The summed E-state index contributed by atoms with van der Waals surface area (Å²) in [4.78, 5) is 5.25. The van der Waals surface area contributed by atoms with Gasteiger partial charge in [0.05, 0.1) is 25.3 Å². The lowest BCUT2D eigenvalue weighted by atomic mass is 10.3. The number of nitrogens with zero attached hydrogens (tertiary/aromatic N) is 3. The fraction of sp³-hybridized carbons (Fsp3) is 0.455. The zero-order chi connectivity index (χ0) is 12.7. The number of anilines is 1. The monoisotopic (exact) mass is 241 g/mol. The Kier molecular flexibility index (Phi) is 5.30. The van der Waals surface area contributed by atoms with Crippen molar-refractivity contribution in [2.45, 2.75) is 6.42 Å². The van der Waals surface area contributed by atoms with E-state index >= 15 is 0 Å². The van der Waals surface area contributed by atoms with E-state index in [0.717, 1.165) is 12.3 Å². The summed E-state index contributed by atoms with van der Waals surface area (Å²) in [6.45, 7) is 1.10. The van der Waals surface area contributed by atoms with Crippen molar-refractivity contribution in [1.29, 1.82) is 5.26 Å². The van der Waals surface area contributed by atoms with E-state index in [1.807, 2.05) is 6.07 Å². The average Bonchev–Trinajstić information content (AvgIpc) is 2.30. The third-order valence-electron chi connectivity index (χ3n) is 2.15. The first-order chi connectivity index (χ1) is 8.19. The van der Waals surface area contributed by atoms with E-state index in [9.17, 15) is 8.78 Å². The lowest BCUT2D eigenvalue weighted by Crippen LogP contribution is -2.30. The van der Waals surface area contributed by atoms with E-state index in [4.69, 9.17) is 10.00 Å². The largest absolute Gasteiger partial charge is 0.383 e. The van der Waals surface area contributed by atoms with E-state index in [-0.39, 0.29) is 12.2 Å². The van der Waals surface area contributed by atoms with Crippen LogP contribution in [0.25, 0.3) is 0 Å². The SMILES string of the molecule is COCCN(CCC#N)c1ncc(F)cc1F. The molecule has 0 N–H and O–H groups in total. The van der Waals surface area contributed by atoms with Crippen molar-refractivity contribution >= 4 is 5.82 Å². The van der Waals surface area contributed by atoms with Crippen LogP contribution in [0.3, 0.4) is 0 Å². The molecule has 0 radical (unpaired) electrons. The number of aromatic nitrogens is 1. The van der Waals surface area contributed by atoms with E-state index < -0.39 is 11.6 Å². The highest BCUT2D eigenvalue weighted by atomic mass is 19.1. The second-order valence-corrected chi connectivity index (χ2v) is 3.35. The van der Waals surface area contributed by atoms with Crippen LogP contribution < -0.4 is 4.90 Å². The molecule has 1 heterocycles. The highest BCUT2D eigenvalue weighted by Gasteiger charge is 2.13. The van der Waals surface area contributed by atoms with Gasteiger partial charge in [0.15, 0.2) is 11.6 Å². The second-order valence-electron chi connectivity index (χ2n) is 3.35. The molecule has 0 fully saturated rings. The van der Waals surface area contributed by atoms with E-state index in [1.54, 1.807) is 4.90 Å². The molecule has 0 aliphatic rings. The Morgan fingerprint density at radius 3 is 2.82 bits per heavy atom. The summed E-state index contributed by atoms with van der Waals surface area (Å²) in [5, 5.41) is 8.52. The van der Waals surface area contributed by atoms with Gasteiger partial charge in [-0.15, -0.1) is 0 Å². The molecular formula is C11H13F2N3O. The lowest BCUT2D eigenvalue weighted by molar-refractivity contribution is 0.205. The maximum atomic E-state index is 13.5. The number of hydrogen-bond acceptors (Lipinski definition) is 4. The fourth-order valence-corrected chi connectivity index (χ4v) is 1.35. The molecule has 0 aromatic carbocycles. The minimum atomic E-state index is -0.737. The third-order valence-corrected chi connectivity index (χ3v) is 2.15. The molecule has 0 saturated carbocycles. The number of halogens is 2. The normalized spacial score (nSPS) is 10.0. The van der Waals surface area contributed by atoms with Gasteiger partial charge in [-0.3, -0.25) is 0 Å². The summed E-state index contributed by atoms with van der Waals surface area (Å²) in [5.41, 5.74) is 0. The summed E-state index contributed by atoms with van der Waals surface area (Å²) in [7, 11) is 1.52. The molecular weight excluding hydrogens is 228 g/mol. The van der Waals surface area contributed by atoms with Gasteiger partial charge in [0.1, 0.15) is 5.82 Å². The summed E-state index contributed by atoms with van der Waals surface area (Å²) in [6.07, 6.45) is 1.19. The van der Waals surface area contributed by atoms with Crippen LogP contribution in [-0.4, -0.2) is 31.8 Å². The van der Waals surface area contributed by atoms with Crippen molar-refractivity contribution in [2.24, 2.45) is 0 Å².